The predicted molar refractivity (Wildman–Crippen MR) is 116 cm³/mol. The number of amides is 1. The van der Waals surface area contributed by atoms with Crippen LogP contribution in [0.3, 0.4) is 0 Å². The van der Waals surface area contributed by atoms with E-state index in [0.717, 1.165) is 16.6 Å². The first-order valence-corrected chi connectivity index (χ1v) is 11.9. The molecule has 1 N–H and O–H groups in total. The third-order valence-corrected chi connectivity index (χ3v) is 7.90. The first-order chi connectivity index (χ1) is 13.8. The number of nitrogens with one attached hydrogen (secondary N) is 1. The van der Waals surface area contributed by atoms with Crippen LogP contribution in [0.4, 0.5) is 5.13 Å². The number of para-hydroxylation sites is 1. The number of sulfonamides is 1. The van der Waals surface area contributed by atoms with Crippen molar-refractivity contribution in [2.24, 2.45) is 11.8 Å². The number of hydrogen-bond acceptors (Lipinski definition) is 5. The monoisotopic (exact) mass is 429 g/mol. The van der Waals surface area contributed by atoms with E-state index >= 15 is 0 Å². The minimum absolute atomic E-state index is 0.218. The van der Waals surface area contributed by atoms with Crippen molar-refractivity contribution < 1.29 is 13.2 Å². The number of piperidine rings is 1. The Bertz CT molecular complexity index is 1100. The SMILES string of the molecule is C[C@@H]1C[C@H](C)CN(S(=O)(=O)c2ccc(C(=O)Nc3nc4ccccc4s3)cc2)C1. The average molecular weight is 430 g/mol. The molecule has 3 aromatic rings. The van der Waals surface area contributed by atoms with E-state index in [-0.39, 0.29) is 10.8 Å². The van der Waals surface area contributed by atoms with Crippen molar-refractivity contribution in [1.82, 2.24) is 9.29 Å². The number of aromatic nitrogens is 1. The largest absolute Gasteiger partial charge is 0.298 e. The first kappa shape index (κ1) is 20.0. The highest BCUT2D eigenvalue weighted by Gasteiger charge is 2.31. The van der Waals surface area contributed by atoms with E-state index in [9.17, 15) is 13.2 Å². The second-order valence-corrected chi connectivity index (χ2v) is 10.7. The van der Waals surface area contributed by atoms with Gasteiger partial charge in [0, 0.05) is 18.7 Å². The lowest BCUT2D eigenvalue weighted by Crippen LogP contribution is -2.42. The van der Waals surface area contributed by atoms with Gasteiger partial charge in [-0.2, -0.15) is 4.31 Å². The molecule has 4 rings (SSSR count). The molecule has 0 unspecified atom stereocenters. The molecular formula is C21H23N3O3S2. The zero-order valence-corrected chi connectivity index (χ0v) is 18.0. The molecule has 1 aliphatic rings. The summed E-state index contributed by atoms with van der Waals surface area (Å²) in [5, 5.41) is 3.31. The molecule has 1 aliphatic heterocycles. The molecule has 0 saturated carbocycles. The van der Waals surface area contributed by atoms with Crippen LogP contribution in [0.25, 0.3) is 10.2 Å². The van der Waals surface area contributed by atoms with Crippen LogP contribution in [-0.4, -0.2) is 36.7 Å². The van der Waals surface area contributed by atoms with E-state index < -0.39 is 10.0 Å². The lowest BCUT2D eigenvalue weighted by Gasteiger charge is -2.34. The molecule has 152 valence electrons. The van der Waals surface area contributed by atoms with Crippen molar-refractivity contribution in [3.05, 3.63) is 54.1 Å². The highest BCUT2D eigenvalue weighted by atomic mass is 32.2. The van der Waals surface area contributed by atoms with Crippen LogP contribution in [0.1, 0.15) is 30.6 Å². The number of fused-ring (bicyclic) bond motifs is 1. The van der Waals surface area contributed by atoms with E-state index in [0.29, 0.717) is 35.6 Å². The minimum atomic E-state index is -3.56. The molecule has 29 heavy (non-hydrogen) atoms. The highest BCUT2D eigenvalue weighted by Crippen LogP contribution is 2.28. The van der Waals surface area contributed by atoms with Crippen molar-refractivity contribution in [1.29, 1.82) is 0 Å². The van der Waals surface area contributed by atoms with E-state index in [4.69, 9.17) is 0 Å². The van der Waals surface area contributed by atoms with Gasteiger partial charge in [-0.15, -0.1) is 0 Å². The van der Waals surface area contributed by atoms with Crippen molar-refractivity contribution in [3.8, 4) is 0 Å². The molecule has 0 spiro atoms. The Hall–Kier alpha value is -2.29. The maximum absolute atomic E-state index is 13.0. The van der Waals surface area contributed by atoms with Crippen molar-refractivity contribution in [2.45, 2.75) is 25.2 Å². The highest BCUT2D eigenvalue weighted by molar-refractivity contribution is 7.89. The van der Waals surface area contributed by atoms with Crippen LogP contribution in [0, 0.1) is 11.8 Å². The van der Waals surface area contributed by atoms with Crippen molar-refractivity contribution in [2.75, 3.05) is 18.4 Å². The molecule has 0 bridgehead atoms. The van der Waals surface area contributed by atoms with Gasteiger partial charge >= 0.3 is 0 Å². The summed E-state index contributed by atoms with van der Waals surface area (Å²) in [4.78, 5) is 17.1. The zero-order valence-electron chi connectivity index (χ0n) is 16.3. The van der Waals surface area contributed by atoms with E-state index in [2.05, 4.69) is 24.1 Å². The summed E-state index contributed by atoms with van der Waals surface area (Å²) in [5.41, 5.74) is 1.22. The Morgan fingerprint density at radius 1 is 1.07 bits per heavy atom. The normalized spacial score (nSPS) is 20.6. The van der Waals surface area contributed by atoms with Crippen molar-refractivity contribution >= 4 is 42.6 Å². The molecule has 0 radical (unpaired) electrons. The lowest BCUT2D eigenvalue weighted by atomic mass is 9.94. The maximum Gasteiger partial charge on any atom is 0.257 e. The number of benzene rings is 2. The molecule has 1 fully saturated rings. The van der Waals surface area contributed by atoms with Gasteiger partial charge in [0.25, 0.3) is 5.91 Å². The molecule has 8 heteroatoms. The van der Waals surface area contributed by atoms with Crippen molar-refractivity contribution in [3.63, 3.8) is 0 Å². The molecular weight excluding hydrogens is 406 g/mol. The van der Waals surface area contributed by atoms with E-state index in [1.165, 1.54) is 23.5 Å². The Morgan fingerprint density at radius 2 is 1.72 bits per heavy atom. The smallest absolute Gasteiger partial charge is 0.257 e. The summed E-state index contributed by atoms with van der Waals surface area (Å²) in [5.74, 6) is 0.369. The van der Waals surface area contributed by atoms with Crippen LogP contribution in [0.5, 0.6) is 0 Å². The quantitative estimate of drug-likeness (QED) is 0.674. The summed E-state index contributed by atoms with van der Waals surface area (Å²) in [6, 6.07) is 13.8. The Kier molecular flexibility index (Phi) is 5.42. The minimum Gasteiger partial charge on any atom is -0.298 e. The first-order valence-electron chi connectivity index (χ1n) is 9.60. The third-order valence-electron chi connectivity index (χ3n) is 5.10. The maximum atomic E-state index is 13.0. The second-order valence-electron chi connectivity index (χ2n) is 7.73. The number of nitrogens with zero attached hydrogens (tertiary/aromatic N) is 2. The summed E-state index contributed by atoms with van der Waals surface area (Å²) in [6.07, 6.45) is 1.04. The Balaban J connectivity index is 1.50. The van der Waals surface area contributed by atoms with Crippen LogP contribution in [0.15, 0.2) is 53.4 Å². The molecule has 0 aliphatic carbocycles. The zero-order chi connectivity index (χ0) is 20.6. The summed E-state index contributed by atoms with van der Waals surface area (Å²) < 4.78 is 28.5. The van der Waals surface area contributed by atoms with Gasteiger partial charge in [0.1, 0.15) is 0 Å². The standard InChI is InChI=1S/C21H23N3O3S2/c1-14-11-15(2)13-24(12-14)29(26,27)17-9-7-16(8-10-17)20(25)23-21-22-18-5-3-4-6-19(18)28-21/h3-10,14-15H,11-13H2,1-2H3,(H,22,23,25)/t14-,15+. The van der Waals surface area contributed by atoms with Crippen LogP contribution in [0.2, 0.25) is 0 Å². The Labute approximate surface area is 174 Å². The lowest BCUT2D eigenvalue weighted by molar-refractivity contribution is 0.102. The molecule has 1 saturated heterocycles. The summed E-state index contributed by atoms with van der Waals surface area (Å²) >= 11 is 1.40. The fourth-order valence-corrected chi connectivity index (χ4v) is 6.36. The Morgan fingerprint density at radius 3 is 2.38 bits per heavy atom. The van der Waals surface area contributed by atoms with Gasteiger partial charge in [-0.1, -0.05) is 37.3 Å². The molecule has 2 atom stereocenters. The van der Waals surface area contributed by atoms with Gasteiger partial charge in [-0.3, -0.25) is 10.1 Å². The molecule has 1 amide bonds. The topological polar surface area (TPSA) is 79.4 Å². The average Bonchev–Trinajstić information content (AvgIpc) is 3.09. The summed E-state index contributed by atoms with van der Waals surface area (Å²) in [6.45, 7) is 5.22. The van der Waals surface area contributed by atoms with Crippen LogP contribution < -0.4 is 5.32 Å². The number of hydrogen-bond donors (Lipinski definition) is 1. The van der Waals surface area contributed by atoms with E-state index in [1.807, 2.05) is 24.3 Å². The summed E-state index contributed by atoms with van der Waals surface area (Å²) in [7, 11) is -3.56. The molecule has 2 heterocycles. The number of thiazole rings is 1. The van der Waals surface area contributed by atoms with Crippen LogP contribution >= 0.6 is 11.3 Å². The number of rotatable bonds is 4. The predicted octanol–water partition coefficient (Wildman–Crippen LogP) is 4.22. The number of carbonyl (C=O) groups excluding carboxylic acids is 1. The molecule has 6 nitrogen and oxygen atoms in total. The molecule has 1 aromatic heterocycles. The van der Waals surface area contributed by atoms with Gasteiger partial charge in [-0.05, 0) is 54.7 Å². The van der Waals surface area contributed by atoms with Gasteiger partial charge in [0.2, 0.25) is 10.0 Å². The van der Waals surface area contributed by atoms with Gasteiger partial charge in [0.15, 0.2) is 5.13 Å². The molecule has 2 aromatic carbocycles. The fraction of sp³-hybridized carbons (Fsp3) is 0.333. The van der Waals surface area contributed by atoms with Gasteiger partial charge in [-0.25, -0.2) is 13.4 Å². The fourth-order valence-electron chi connectivity index (χ4n) is 3.82. The van der Waals surface area contributed by atoms with Gasteiger partial charge < -0.3 is 0 Å². The van der Waals surface area contributed by atoms with E-state index in [1.54, 1.807) is 16.4 Å². The van der Waals surface area contributed by atoms with Crippen LogP contribution in [-0.2, 0) is 10.0 Å². The van der Waals surface area contributed by atoms with Gasteiger partial charge in [0.05, 0.1) is 15.1 Å². The number of anilines is 1. The second kappa shape index (κ2) is 7.85. The number of carbonyl (C=O) groups is 1. The third kappa shape index (κ3) is 4.19.